The lowest BCUT2D eigenvalue weighted by atomic mass is 9.86. The van der Waals surface area contributed by atoms with E-state index in [1.807, 2.05) is 6.92 Å². The summed E-state index contributed by atoms with van der Waals surface area (Å²) in [4.78, 5) is 0. The lowest BCUT2D eigenvalue weighted by molar-refractivity contribution is 0.457. The Morgan fingerprint density at radius 1 is 1.25 bits per heavy atom. The molecular weight excluding hydrogens is 225 g/mol. The summed E-state index contributed by atoms with van der Waals surface area (Å²) in [5, 5.41) is 3.91. The smallest absolute Gasteiger partial charge is 0.127 e. The lowest BCUT2D eigenvalue weighted by Gasteiger charge is -2.25. The van der Waals surface area contributed by atoms with E-state index >= 15 is 0 Å². The summed E-state index contributed by atoms with van der Waals surface area (Å²) in [5.74, 6) is 0.276. The van der Waals surface area contributed by atoms with E-state index in [9.17, 15) is 4.39 Å². The molecule has 1 aromatic rings. The zero-order valence-corrected chi connectivity index (χ0v) is 10.5. The van der Waals surface area contributed by atoms with E-state index in [2.05, 4.69) is 5.32 Å². The highest BCUT2D eigenvalue weighted by atomic mass is 35.5. The highest BCUT2D eigenvalue weighted by Gasteiger charge is 2.20. The van der Waals surface area contributed by atoms with Crippen molar-refractivity contribution >= 4 is 11.6 Å². The van der Waals surface area contributed by atoms with E-state index in [1.54, 1.807) is 13.0 Å². The maximum atomic E-state index is 13.7. The Bertz CT molecular complexity index is 397. The van der Waals surface area contributed by atoms with Crippen LogP contribution in [-0.2, 0) is 0 Å². The van der Waals surface area contributed by atoms with Crippen LogP contribution in [0.2, 0.25) is 5.02 Å². The molecule has 3 heteroatoms. The third kappa shape index (κ3) is 2.09. The number of hydrogen-bond acceptors (Lipinski definition) is 1. The summed E-state index contributed by atoms with van der Waals surface area (Å²) >= 11 is 6.15. The highest BCUT2D eigenvalue weighted by Crippen LogP contribution is 2.34. The van der Waals surface area contributed by atoms with Crippen molar-refractivity contribution in [2.75, 3.05) is 13.1 Å². The molecule has 16 heavy (non-hydrogen) atoms. The second-order valence-electron chi connectivity index (χ2n) is 4.54. The van der Waals surface area contributed by atoms with Gasteiger partial charge in [0.25, 0.3) is 0 Å². The predicted molar refractivity (Wildman–Crippen MR) is 65.7 cm³/mol. The first-order chi connectivity index (χ1) is 7.61. The largest absolute Gasteiger partial charge is 0.317 e. The monoisotopic (exact) mass is 241 g/mol. The van der Waals surface area contributed by atoms with E-state index in [-0.39, 0.29) is 5.82 Å². The fraction of sp³-hybridized carbons (Fsp3) is 0.538. The van der Waals surface area contributed by atoms with Gasteiger partial charge in [0, 0.05) is 10.6 Å². The molecule has 0 unspecified atom stereocenters. The molecule has 0 aromatic heterocycles. The van der Waals surface area contributed by atoms with E-state index in [0.717, 1.165) is 37.1 Å². The minimum Gasteiger partial charge on any atom is -0.317 e. The van der Waals surface area contributed by atoms with Crippen molar-refractivity contribution in [3.8, 4) is 0 Å². The Morgan fingerprint density at radius 2 is 1.88 bits per heavy atom. The van der Waals surface area contributed by atoms with Crippen LogP contribution in [0, 0.1) is 19.7 Å². The third-order valence-corrected chi connectivity index (χ3v) is 4.08. The van der Waals surface area contributed by atoms with Gasteiger partial charge in [-0.15, -0.1) is 0 Å². The summed E-state index contributed by atoms with van der Waals surface area (Å²) in [6.07, 6.45) is 2.14. The van der Waals surface area contributed by atoms with Crippen LogP contribution in [0.3, 0.4) is 0 Å². The molecule has 0 saturated carbocycles. The number of piperidine rings is 1. The summed E-state index contributed by atoms with van der Waals surface area (Å²) in [5.41, 5.74) is 2.71. The topological polar surface area (TPSA) is 12.0 Å². The van der Waals surface area contributed by atoms with E-state index in [1.165, 1.54) is 0 Å². The Morgan fingerprint density at radius 3 is 2.50 bits per heavy atom. The average molecular weight is 242 g/mol. The quantitative estimate of drug-likeness (QED) is 0.793. The van der Waals surface area contributed by atoms with Crippen LogP contribution in [-0.4, -0.2) is 13.1 Å². The Balaban J connectivity index is 2.40. The van der Waals surface area contributed by atoms with Gasteiger partial charge in [-0.2, -0.15) is 0 Å². The van der Waals surface area contributed by atoms with Crippen LogP contribution in [0.4, 0.5) is 4.39 Å². The van der Waals surface area contributed by atoms with Gasteiger partial charge in [-0.1, -0.05) is 11.6 Å². The number of halogens is 2. The summed E-state index contributed by atoms with van der Waals surface area (Å²) in [6.45, 7) is 5.75. The van der Waals surface area contributed by atoms with Gasteiger partial charge in [0.05, 0.1) is 0 Å². The molecule has 88 valence electrons. The van der Waals surface area contributed by atoms with E-state index in [4.69, 9.17) is 11.6 Å². The molecular formula is C13H17ClFN. The van der Waals surface area contributed by atoms with Crippen LogP contribution >= 0.6 is 11.6 Å². The van der Waals surface area contributed by atoms with E-state index < -0.39 is 0 Å². The summed E-state index contributed by atoms with van der Waals surface area (Å²) in [7, 11) is 0. The fourth-order valence-electron chi connectivity index (χ4n) is 2.42. The first-order valence-electron chi connectivity index (χ1n) is 5.77. The minimum atomic E-state index is -0.177. The third-order valence-electron chi connectivity index (χ3n) is 3.51. The van der Waals surface area contributed by atoms with Crippen LogP contribution in [0.5, 0.6) is 0 Å². The Labute approximate surface area is 101 Å². The SMILES string of the molecule is Cc1c(F)cc(C2CCNCC2)c(C)c1Cl. The molecule has 2 rings (SSSR count). The second kappa shape index (κ2) is 4.72. The van der Waals surface area contributed by atoms with Gasteiger partial charge in [-0.05, 0) is 62.9 Å². The van der Waals surface area contributed by atoms with Crippen molar-refractivity contribution in [1.82, 2.24) is 5.32 Å². The number of benzene rings is 1. The maximum absolute atomic E-state index is 13.7. The average Bonchev–Trinajstić information content (AvgIpc) is 2.32. The standard InChI is InChI=1S/C13H17ClFN/c1-8-11(10-3-5-16-6-4-10)7-12(15)9(2)13(8)14/h7,10,16H,3-6H2,1-2H3. The minimum absolute atomic E-state index is 0.177. The molecule has 0 spiro atoms. The molecule has 1 saturated heterocycles. The molecule has 1 aliphatic heterocycles. The molecule has 1 nitrogen and oxygen atoms in total. The molecule has 0 radical (unpaired) electrons. The fourth-order valence-corrected chi connectivity index (χ4v) is 2.62. The lowest BCUT2D eigenvalue weighted by Crippen LogP contribution is -2.27. The van der Waals surface area contributed by atoms with Crippen LogP contribution in [0.1, 0.15) is 35.4 Å². The molecule has 1 N–H and O–H groups in total. The van der Waals surface area contributed by atoms with Crippen LogP contribution in [0.25, 0.3) is 0 Å². The first-order valence-corrected chi connectivity index (χ1v) is 6.15. The summed E-state index contributed by atoms with van der Waals surface area (Å²) < 4.78 is 13.7. The van der Waals surface area contributed by atoms with Gasteiger partial charge in [0.1, 0.15) is 5.82 Å². The second-order valence-corrected chi connectivity index (χ2v) is 4.91. The first kappa shape index (κ1) is 11.9. The van der Waals surface area contributed by atoms with Crippen molar-refractivity contribution in [2.24, 2.45) is 0 Å². The number of nitrogens with one attached hydrogen (secondary N) is 1. The summed E-state index contributed by atoms with van der Waals surface area (Å²) in [6, 6.07) is 1.67. The molecule has 0 bridgehead atoms. The molecule has 0 aliphatic carbocycles. The van der Waals surface area contributed by atoms with Gasteiger partial charge in [-0.3, -0.25) is 0 Å². The molecule has 1 fully saturated rings. The van der Waals surface area contributed by atoms with Gasteiger partial charge in [0.15, 0.2) is 0 Å². The maximum Gasteiger partial charge on any atom is 0.127 e. The highest BCUT2D eigenvalue weighted by molar-refractivity contribution is 6.32. The van der Waals surface area contributed by atoms with Crippen molar-refractivity contribution < 1.29 is 4.39 Å². The molecule has 0 atom stereocenters. The van der Waals surface area contributed by atoms with E-state index in [0.29, 0.717) is 16.5 Å². The van der Waals surface area contributed by atoms with Crippen molar-refractivity contribution in [2.45, 2.75) is 32.6 Å². The predicted octanol–water partition coefficient (Wildman–Crippen LogP) is 3.56. The molecule has 0 amide bonds. The zero-order valence-electron chi connectivity index (χ0n) is 9.74. The Hall–Kier alpha value is -0.600. The van der Waals surface area contributed by atoms with Gasteiger partial charge in [0.2, 0.25) is 0 Å². The number of rotatable bonds is 1. The van der Waals surface area contributed by atoms with Crippen molar-refractivity contribution in [1.29, 1.82) is 0 Å². The van der Waals surface area contributed by atoms with Crippen molar-refractivity contribution in [3.05, 3.63) is 33.6 Å². The van der Waals surface area contributed by atoms with Gasteiger partial charge in [-0.25, -0.2) is 4.39 Å². The van der Waals surface area contributed by atoms with Crippen molar-refractivity contribution in [3.63, 3.8) is 0 Å². The molecule has 1 aromatic carbocycles. The number of hydrogen-bond donors (Lipinski definition) is 1. The molecule has 1 heterocycles. The van der Waals surface area contributed by atoms with Gasteiger partial charge >= 0.3 is 0 Å². The Kier molecular flexibility index (Phi) is 3.50. The molecule has 1 aliphatic rings. The van der Waals surface area contributed by atoms with Crippen LogP contribution in [0.15, 0.2) is 6.07 Å². The normalized spacial score (nSPS) is 17.8. The van der Waals surface area contributed by atoms with Gasteiger partial charge < -0.3 is 5.32 Å². The van der Waals surface area contributed by atoms with Crippen LogP contribution < -0.4 is 5.32 Å². The zero-order chi connectivity index (χ0) is 11.7.